The lowest BCUT2D eigenvalue weighted by Crippen LogP contribution is -2.15. The summed E-state index contributed by atoms with van der Waals surface area (Å²) in [6, 6.07) is 18.7. The maximum atomic E-state index is 12.4. The van der Waals surface area contributed by atoms with Crippen molar-refractivity contribution in [3.63, 3.8) is 0 Å². The largest absolute Gasteiger partial charge is 0.495 e. The lowest BCUT2D eigenvalue weighted by molar-refractivity contribution is 0.102. The number of ether oxygens (including phenoxy) is 1. The Morgan fingerprint density at radius 1 is 0.963 bits per heavy atom. The van der Waals surface area contributed by atoms with Crippen LogP contribution in [0.3, 0.4) is 0 Å². The molecule has 0 saturated heterocycles. The quantitative estimate of drug-likeness (QED) is 0.670. The van der Waals surface area contributed by atoms with E-state index < -0.39 is 0 Å². The highest BCUT2D eigenvalue weighted by atomic mass is 16.5. The van der Waals surface area contributed by atoms with E-state index in [9.17, 15) is 4.79 Å². The van der Waals surface area contributed by atoms with Gasteiger partial charge in [-0.15, -0.1) is 10.2 Å². The lowest BCUT2D eigenvalue weighted by Gasteiger charge is -2.10. The molecule has 0 unspecified atom stereocenters. The predicted molar refractivity (Wildman–Crippen MR) is 107 cm³/mol. The molecule has 2 N–H and O–H groups in total. The second-order valence-corrected chi connectivity index (χ2v) is 6.36. The topological polar surface area (TPSA) is 76.1 Å². The van der Waals surface area contributed by atoms with Crippen molar-refractivity contribution in [2.75, 3.05) is 17.7 Å². The van der Waals surface area contributed by atoms with E-state index >= 15 is 0 Å². The van der Waals surface area contributed by atoms with Crippen molar-refractivity contribution in [3.8, 4) is 5.75 Å². The molecular formula is C21H22N4O2. The van der Waals surface area contributed by atoms with Crippen LogP contribution in [-0.4, -0.2) is 23.2 Å². The summed E-state index contributed by atoms with van der Waals surface area (Å²) in [7, 11) is 1.55. The molecule has 0 atom stereocenters. The van der Waals surface area contributed by atoms with Gasteiger partial charge in [0, 0.05) is 5.69 Å². The molecular weight excluding hydrogens is 340 g/mol. The molecule has 0 aliphatic rings. The number of rotatable bonds is 6. The Bertz CT molecular complexity index is 906. The summed E-state index contributed by atoms with van der Waals surface area (Å²) in [6.07, 6.45) is 0. The molecule has 0 spiro atoms. The fraction of sp³-hybridized carbons (Fsp3) is 0.190. The van der Waals surface area contributed by atoms with E-state index in [0.29, 0.717) is 23.2 Å². The molecule has 3 aromatic rings. The molecule has 0 radical (unpaired) electrons. The fourth-order valence-electron chi connectivity index (χ4n) is 2.55. The summed E-state index contributed by atoms with van der Waals surface area (Å²) in [4.78, 5) is 12.4. The molecule has 0 aliphatic carbocycles. The van der Waals surface area contributed by atoms with Crippen molar-refractivity contribution in [3.05, 3.63) is 71.9 Å². The average molecular weight is 362 g/mol. The zero-order valence-electron chi connectivity index (χ0n) is 15.6. The number of anilines is 3. The molecule has 0 fully saturated rings. The summed E-state index contributed by atoms with van der Waals surface area (Å²) < 4.78 is 5.23. The average Bonchev–Trinajstić information content (AvgIpc) is 2.69. The van der Waals surface area contributed by atoms with Crippen LogP contribution in [0, 0.1) is 0 Å². The summed E-state index contributed by atoms with van der Waals surface area (Å²) in [5.41, 5.74) is 3.00. The van der Waals surface area contributed by atoms with Crippen molar-refractivity contribution in [2.45, 2.75) is 19.8 Å². The minimum atomic E-state index is -0.347. The number of nitrogens with zero attached hydrogens (tertiary/aromatic N) is 2. The molecule has 1 heterocycles. The third kappa shape index (κ3) is 4.61. The molecule has 1 aromatic heterocycles. The van der Waals surface area contributed by atoms with E-state index in [2.05, 4.69) is 46.8 Å². The molecule has 138 valence electrons. The maximum Gasteiger partial charge on any atom is 0.276 e. The molecule has 2 aromatic carbocycles. The highest BCUT2D eigenvalue weighted by Gasteiger charge is 2.11. The Morgan fingerprint density at radius 3 is 2.33 bits per heavy atom. The van der Waals surface area contributed by atoms with E-state index in [1.165, 1.54) is 5.56 Å². The minimum Gasteiger partial charge on any atom is -0.495 e. The number of carbonyl (C=O) groups is 1. The molecule has 0 bridgehead atoms. The van der Waals surface area contributed by atoms with E-state index in [1.54, 1.807) is 31.4 Å². The van der Waals surface area contributed by atoms with Crippen LogP contribution in [0.1, 0.15) is 35.8 Å². The molecule has 6 nitrogen and oxygen atoms in total. The van der Waals surface area contributed by atoms with E-state index in [-0.39, 0.29) is 11.6 Å². The van der Waals surface area contributed by atoms with Crippen LogP contribution >= 0.6 is 0 Å². The first kappa shape index (κ1) is 18.4. The van der Waals surface area contributed by atoms with Gasteiger partial charge in [-0.3, -0.25) is 4.79 Å². The van der Waals surface area contributed by atoms with Crippen molar-refractivity contribution in [1.29, 1.82) is 0 Å². The van der Waals surface area contributed by atoms with Gasteiger partial charge in [0.25, 0.3) is 5.91 Å². The number of benzene rings is 2. The summed E-state index contributed by atoms with van der Waals surface area (Å²) in [5, 5.41) is 14.0. The van der Waals surface area contributed by atoms with Crippen LogP contribution < -0.4 is 15.4 Å². The number of methoxy groups -OCH3 is 1. The Labute approximate surface area is 158 Å². The van der Waals surface area contributed by atoms with Crippen LogP contribution in [0.25, 0.3) is 0 Å². The van der Waals surface area contributed by atoms with Crippen LogP contribution in [-0.2, 0) is 0 Å². The van der Waals surface area contributed by atoms with Crippen molar-refractivity contribution < 1.29 is 9.53 Å². The van der Waals surface area contributed by atoms with Gasteiger partial charge in [-0.2, -0.15) is 0 Å². The number of hydrogen-bond donors (Lipinski definition) is 2. The first-order valence-electron chi connectivity index (χ1n) is 8.72. The number of carbonyl (C=O) groups excluding carboxylic acids is 1. The van der Waals surface area contributed by atoms with Crippen LogP contribution in [0.15, 0.2) is 60.7 Å². The molecule has 27 heavy (non-hydrogen) atoms. The molecule has 0 saturated carbocycles. The van der Waals surface area contributed by atoms with Crippen molar-refractivity contribution >= 4 is 23.1 Å². The molecule has 0 aliphatic heterocycles. The highest BCUT2D eigenvalue weighted by Crippen LogP contribution is 2.23. The van der Waals surface area contributed by atoms with Gasteiger partial charge in [0.1, 0.15) is 5.75 Å². The van der Waals surface area contributed by atoms with Crippen LogP contribution in [0.4, 0.5) is 17.2 Å². The summed E-state index contributed by atoms with van der Waals surface area (Å²) >= 11 is 0. The third-order valence-electron chi connectivity index (χ3n) is 4.10. The lowest BCUT2D eigenvalue weighted by atomic mass is 10.0. The number of para-hydroxylation sites is 2. The number of nitrogens with one attached hydrogen (secondary N) is 2. The normalized spacial score (nSPS) is 10.5. The van der Waals surface area contributed by atoms with Crippen LogP contribution in [0.2, 0.25) is 0 Å². The van der Waals surface area contributed by atoms with E-state index in [4.69, 9.17) is 4.74 Å². The third-order valence-corrected chi connectivity index (χ3v) is 4.10. The first-order valence-corrected chi connectivity index (χ1v) is 8.72. The summed E-state index contributed by atoms with van der Waals surface area (Å²) in [6.45, 7) is 4.31. The van der Waals surface area contributed by atoms with Gasteiger partial charge in [-0.1, -0.05) is 38.1 Å². The van der Waals surface area contributed by atoms with Gasteiger partial charge in [0.05, 0.1) is 12.8 Å². The Kier molecular flexibility index (Phi) is 5.66. The monoisotopic (exact) mass is 362 g/mol. The first-order chi connectivity index (χ1) is 13.1. The van der Waals surface area contributed by atoms with E-state index in [0.717, 1.165) is 5.69 Å². The Morgan fingerprint density at radius 2 is 1.70 bits per heavy atom. The zero-order chi connectivity index (χ0) is 19.2. The highest BCUT2D eigenvalue weighted by molar-refractivity contribution is 6.03. The van der Waals surface area contributed by atoms with Gasteiger partial charge in [-0.25, -0.2) is 0 Å². The number of aromatic nitrogens is 2. The predicted octanol–water partition coefficient (Wildman–Crippen LogP) is 4.60. The van der Waals surface area contributed by atoms with Gasteiger partial charge < -0.3 is 15.4 Å². The Hall–Kier alpha value is -3.41. The smallest absolute Gasteiger partial charge is 0.276 e. The zero-order valence-corrected chi connectivity index (χ0v) is 15.6. The number of amides is 1. The Balaban J connectivity index is 1.66. The fourth-order valence-corrected chi connectivity index (χ4v) is 2.55. The van der Waals surface area contributed by atoms with Gasteiger partial charge >= 0.3 is 0 Å². The number of hydrogen-bond acceptors (Lipinski definition) is 5. The van der Waals surface area contributed by atoms with Gasteiger partial charge in [0.15, 0.2) is 11.5 Å². The van der Waals surface area contributed by atoms with Gasteiger partial charge in [0.2, 0.25) is 0 Å². The second kappa shape index (κ2) is 8.31. The van der Waals surface area contributed by atoms with E-state index in [1.807, 2.05) is 24.3 Å². The van der Waals surface area contributed by atoms with Crippen molar-refractivity contribution in [2.24, 2.45) is 0 Å². The summed E-state index contributed by atoms with van der Waals surface area (Å²) in [5.74, 6) is 1.29. The molecule has 6 heteroatoms. The van der Waals surface area contributed by atoms with Crippen molar-refractivity contribution in [1.82, 2.24) is 10.2 Å². The SMILES string of the molecule is COc1ccccc1NC(=O)c1ccc(Nc2ccc(C(C)C)cc2)nn1. The second-order valence-electron chi connectivity index (χ2n) is 6.36. The van der Waals surface area contributed by atoms with Crippen LogP contribution in [0.5, 0.6) is 5.75 Å². The van der Waals surface area contributed by atoms with Gasteiger partial charge in [-0.05, 0) is 47.9 Å². The maximum absolute atomic E-state index is 12.4. The standard InChI is InChI=1S/C21H22N4O2/c1-14(2)15-8-10-16(11-9-15)22-20-13-12-18(24-25-20)21(26)23-17-6-4-5-7-19(17)27-3/h4-14H,1-3H3,(H,22,25)(H,23,26). The minimum absolute atomic E-state index is 0.224. The molecule has 3 rings (SSSR count). The molecule has 1 amide bonds.